The van der Waals surface area contributed by atoms with Crippen LogP contribution in [-0.4, -0.2) is 57.0 Å². The van der Waals surface area contributed by atoms with Gasteiger partial charge < -0.3 is 44.4 Å². The van der Waals surface area contributed by atoms with Crippen molar-refractivity contribution < 1.29 is 43.8 Å². The second-order valence-corrected chi connectivity index (χ2v) is 11.3. The molecule has 5 unspecified atom stereocenters. The standard InChI is InChI=1S/C36H33NO10/c1-19-8-6-7-11-24(19)37-35(43)34-32(41)31(40)33(42)36(47-34)46-26-17-28-29(30(39)20(26)2)25(38)16-27(45-28)22-12-14-23(15-13-22)44-18-21-9-4-3-5-10-21/h3-17,31-34,36,39-42H,18H2,1-2H3,(H,37,43). The fourth-order valence-corrected chi connectivity index (χ4v) is 5.30. The molecule has 0 radical (unpaired) electrons. The highest BCUT2D eigenvalue weighted by atomic mass is 16.7. The number of phenols is 1. The van der Waals surface area contributed by atoms with E-state index in [-0.39, 0.29) is 28.0 Å². The molecule has 0 saturated carbocycles. The summed E-state index contributed by atoms with van der Waals surface area (Å²) in [7, 11) is 0. The minimum absolute atomic E-state index is 0.0188. The van der Waals surface area contributed by atoms with E-state index < -0.39 is 47.8 Å². The van der Waals surface area contributed by atoms with Gasteiger partial charge in [-0.05, 0) is 55.3 Å². The van der Waals surface area contributed by atoms with Crippen LogP contribution >= 0.6 is 0 Å². The van der Waals surface area contributed by atoms with E-state index in [2.05, 4.69) is 5.32 Å². The summed E-state index contributed by atoms with van der Waals surface area (Å²) in [5.41, 5.74) is 2.42. The van der Waals surface area contributed by atoms with Crippen LogP contribution in [0.4, 0.5) is 5.69 Å². The molecule has 5 aromatic rings. The Hall–Kier alpha value is -5.20. The van der Waals surface area contributed by atoms with Crippen LogP contribution in [0.5, 0.6) is 17.2 Å². The second-order valence-electron chi connectivity index (χ2n) is 11.3. The van der Waals surface area contributed by atoms with Gasteiger partial charge in [-0.2, -0.15) is 0 Å². The van der Waals surface area contributed by atoms with Crippen molar-refractivity contribution in [2.75, 3.05) is 5.32 Å². The highest BCUT2D eigenvalue weighted by Gasteiger charge is 2.48. The van der Waals surface area contributed by atoms with Crippen molar-refractivity contribution in [3.8, 4) is 28.6 Å². The summed E-state index contributed by atoms with van der Waals surface area (Å²) in [6, 6.07) is 26.3. The third-order valence-corrected chi connectivity index (χ3v) is 8.06. The van der Waals surface area contributed by atoms with Gasteiger partial charge in [-0.15, -0.1) is 0 Å². The number of benzene rings is 4. The van der Waals surface area contributed by atoms with E-state index in [0.29, 0.717) is 23.6 Å². The van der Waals surface area contributed by atoms with E-state index in [4.69, 9.17) is 18.6 Å². The number of para-hydroxylation sites is 1. The molecule has 1 amide bonds. The lowest BCUT2D eigenvalue weighted by Crippen LogP contribution is -2.62. The van der Waals surface area contributed by atoms with Crippen LogP contribution in [0.2, 0.25) is 0 Å². The molecule has 1 aliphatic heterocycles. The minimum Gasteiger partial charge on any atom is -0.507 e. The molecule has 4 aromatic carbocycles. The third kappa shape index (κ3) is 6.56. The van der Waals surface area contributed by atoms with Crippen LogP contribution < -0.4 is 20.2 Å². The van der Waals surface area contributed by atoms with Gasteiger partial charge in [-0.3, -0.25) is 9.59 Å². The summed E-state index contributed by atoms with van der Waals surface area (Å²) in [6.45, 7) is 3.66. The van der Waals surface area contributed by atoms with Gasteiger partial charge in [0.15, 0.2) is 11.5 Å². The molecule has 11 nitrogen and oxygen atoms in total. The lowest BCUT2D eigenvalue weighted by molar-refractivity contribution is -0.265. The Morgan fingerprint density at radius 1 is 0.872 bits per heavy atom. The lowest BCUT2D eigenvalue weighted by Gasteiger charge is -2.39. The molecule has 5 atom stereocenters. The zero-order chi connectivity index (χ0) is 33.2. The Morgan fingerprint density at radius 3 is 2.30 bits per heavy atom. The number of hydrogen-bond acceptors (Lipinski definition) is 10. The molecule has 242 valence electrons. The number of aryl methyl sites for hydroxylation is 1. The third-order valence-electron chi connectivity index (χ3n) is 8.06. The van der Waals surface area contributed by atoms with Crippen LogP contribution in [0.1, 0.15) is 16.7 Å². The Morgan fingerprint density at radius 2 is 1.57 bits per heavy atom. The lowest BCUT2D eigenvalue weighted by atomic mass is 9.98. The summed E-state index contributed by atoms with van der Waals surface area (Å²) >= 11 is 0. The maximum atomic E-state index is 13.1. The predicted molar refractivity (Wildman–Crippen MR) is 172 cm³/mol. The smallest absolute Gasteiger partial charge is 0.256 e. The number of fused-ring (bicyclic) bond motifs is 1. The molecule has 47 heavy (non-hydrogen) atoms. The maximum absolute atomic E-state index is 13.1. The fraction of sp³-hybridized carbons (Fsp3) is 0.222. The summed E-state index contributed by atoms with van der Waals surface area (Å²) < 4.78 is 23.4. The zero-order valence-electron chi connectivity index (χ0n) is 25.5. The van der Waals surface area contributed by atoms with Crippen molar-refractivity contribution in [3.05, 3.63) is 118 Å². The summed E-state index contributed by atoms with van der Waals surface area (Å²) in [4.78, 5) is 26.2. The maximum Gasteiger partial charge on any atom is 0.256 e. The Bertz CT molecular complexity index is 1960. The van der Waals surface area contributed by atoms with Crippen molar-refractivity contribution in [2.45, 2.75) is 51.2 Å². The van der Waals surface area contributed by atoms with E-state index in [9.17, 15) is 30.0 Å². The summed E-state index contributed by atoms with van der Waals surface area (Å²) in [5.74, 6) is -0.398. The number of carbonyl (C=O) groups excluding carboxylic acids is 1. The number of rotatable bonds is 8. The van der Waals surface area contributed by atoms with E-state index in [0.717, 1.165) is 11.1 Å². The average Bonchev–Trinajstić information content (AvgIpc) is 3.07. The first-order valence-electron chi connectivity index (χ1n) is 14.9. The van der Waals surface area contributed by atoms with Crippen molar-refractivity contribution >= 4 is 22.6 Å². The first-order chi connectivity index (χ1) is 22.6. The molecule has 5 N–H and O–H groups in total. The number of phenolic OH excluding ortho intramolecular Hbond substituents is 1. The van der Waals surface area contributed by atoms with E-state index >= 15 is 0 Å². The van der Waals surface area contributed by atoms with Crippen LogP contribution in [0.15, 0.2) is 100 Å². The quantitative estimate of drug-likeness (QED) is 0.166. The van der Waals surface area contributed by atoms with Gasteiger partial charge in [0, 0.05) is 28.9 Å². The number of ether oxygens (including phenoxy) is 3. The van der Waals surface area contributed by atoms with Crippen LogP contribution in [0.25, 0.3) is 22.3 Å². The largest absolute Gasteiger partial charge is 0.507 e. The molecule has 11 heteroatoms. The molecular weight excluding hydrogens is 606 g/mol. The van der Waals surface area contributed by atoms with Gasteiger partial charge in [0.2, 0.25) is 6.29 Å². The number of aromatic hydroxyl groups is 1. The van der Waals surface area contributed by atoms with Crippen molar-refractivity contribution in [1.29, 1.82) is 0 Å². The van der Waals surface area contributed by atoms with Gasteiger partial charge >= 0.3 is 0 Å². The van der Waals surface area contributed by atoms with Gasteiger partial charge in [-0.25, -0.2) is 0 Å². The van der Waals surface area contributed by atoms with Crippen molar-refractivity contribution in [2.24, 2.45) is 0 Å². The normalized spacial score (nSPS) is 20.9. The number of anilines is 1. The molecule has 1 aromatic heterocycles. The number of amides is 1. The SMILES string of the molecule is Cc1ccccc1NC(=O)C1OC(Oc2cc3oc(-c4ccc(OCc5ccccc5)cc4)cc(=O)c3c(O)c2C)C(O)C(O)C1O. The molecule has 2 heterocycles. The molecule has 1 saturated heterocycles. The fourth-order valence-electron chi connectivity index (χ4n) is 5.30. The summed E-state index contributed by atoms with van der Waals surface area (Å²) in [6.07, 6.45) is -8.60. The van der Waals surface area contributed by atoms with Gasteiger partial charge in [0.25, 0.3) is 5.91 Å². The molecule has 1 aliphatic rings. The molecule has 6 rings (SSSR count). The minimum atomic E-state index is -1.81. The van der Waals surface area contributed by atoms with Gasteiger partial charge in [-0.1, -0.05) is 48.5 Å². The average molecular weight is 640 g/mol. The molecular formula is C36H33NO10. The number of nitrogens with one attached hydrogen (secondary N) is 1. The van der Waals surface area contributed by atoms with Gasteiger partial charge in [0.05, 0.1) is 0 Å². The van der Waals surface area contributed by atoms with E-state index in [1.165, 1.54) is 19.1 Å². The highest BCUT2D eigenvalue weighted by Crippen LogP contribution is 2.37. The predicted octanol–water partition coefficient (Wildman–Crippen LogP) is 4.19. The van der Waals surface area contributed by atoms with E-state index in [1.807, 2.05) is 30.3 Å². The van der Waals surface area contributed by atoms with Crippen LogP contribution in [-0.2, 0) is 16.1 Å². The molecule has 0 bridgehead atoms. The Labute approximate surface area is 269 Å². The van der Waals surface area contributed by atoms with Crippen LogP contribution in [0, 0.1) is 13.8 Å². The molecule has 0 aliphatic carbocycles. The van der Waals surface area contributed by atoms with E-state index in [1.54, 1.807) is 55.5 Å². The first-order valence-corrected chi connectivity index (χ1v) is 14.9. The monoisotopic (exact) mass is 639 g/mol. The Balaban J connectivity index is 1.25. The van der Waals surface area contributed by atoms with Crippen molar-refractivity contribution in [1.82, 2.24) is 0 Å². The topological polar surface area (TPSA) is 168 Å². The first kappa shape index (κ1) is 31.8. The number of aliphatic hydroxyl groups excluding tert-OH is 3. The highest BCUT2D eigenvalue weighted by molar-refractivity contribution is 5.95. The second kappa shape index (κ2) is 13.3. The van der Waals surface area contributed by atoms with Gasteiger partial charge in [0.1, 0.15) is 58.9 Å². The molecule has 1 fully saturated rings. The number of carbonyl (C=O) groups is 1. The molecule has 0 spiro atoms. The Kier molecular flexibility index (Phi) is 8.97. The van der Waals surface area contributed by atoms with Crippen LogP contribution in [0.3, 0.4) is 0 Å². The number of aliphatic hydroxyl groups is 3. The van der Waals surface area contributed by atoms with Crippen molar-refractivity contribution in [3.63, 3.8) is 0 Å². The zero-order valence-corrected chi connectivity index (χ0v) is 25.5. The summed E-state index contributed by atoms with van der Waals surface area (Å²) in [5, 5.41) is 45.4. The number of hydrogen-bond donors (Lipinski definition) is 5.